The van der Waals surface area contributed by atoms with Crippen LogP contribution in [0.4, 0.5) is 0 Å². The number of hydrogen-bond acceptors (Lipinski definition) is 3. The molecule has 0 radical (unpaired) electrons. The molecule has 100 valence electrons. The van der Waals surface area contributed by atoms with Crippen molar-refractivity contribution in [2.45, 2.75) is 33.9 Å². The highest BCUT2D eigenvalue weighted by Gasteiger charge is 2.13. The third-order valence-electron chi connectivity index (χ3n) is 3.38. The van der Waals surface area contributed by atoms with Gasteiger partial charge in [-0.05, 0) is 39.7 Å². The quantitative estimate of drug-likeness (QED) is 0.844. The number of rotatable bonds is 5. The highest BCUT2D eigenvalue weighted by molar-refractivity contribution is 7.71. The number of nitrogens with zero attached hydrogens (tertiary/aromatic N) is 4. The van der Waals surface area contributed by atoms with Crippen molar-refractivity contribution in [1.82, 2.24) is 24.2 Å². The summed E-state index contributed by atoms with van der Waals surface area (Å²) in [5, 5.41) is 4.52. The molecule has 18 heavy (non-hydrogen) atoms. The van der Waals surface area contributed by atoms with Crippen molar-refractivity contribution in [3.63, 3.8) is 0 Å². The molecule has 0 aromatic carbocycles. The maximum Gasteiger partial charge on any atom is 0.179 e. The molecule has 1 N–H and O–H groups in total. The minimum Gasteiger partial charge on any atom is -0.328 e. The molecule has 0 aliphatic heterocycles. The fourth-order valence-corrected chi connectivity index (χ4v) is 2.40. The molecule has 0 saturated carbocycles. The molecule has 0 saturated heterocycles. The third-order valence-corrected chi connectivity index (χ3v) is 3.70. The van der Waals surface area contributed by atoms with Crippen LogP contribution in [0.5, 0.6) is 0 Å². The van der Waals surface area contributed by atoms with Gasteiger partial charge in [0.15, 0.2) is 10.4 Å². The smallest absolute Gasteiger partial charge is 0.179 e. The van der Waals surface area contributed by atoms with Crippen molar-refractivity contribution >= 4 is 23.4 Å². The van der Waals surface area contributed by atoms with Gasteiger partial charge in [0, 0.05) is 19.6 Å². The number of aromatic nitrogens is 4. The number of aromatic amines is 1. The zero-order chi connectivity index (χ0) is 13.3. The van der Waals surface area contributed by atoms with Gasteiger partial charge >= 0.3 is 0 Å². The van der Waals surface area contributed by atoms with Crippen molar-refractivity contribution < 1.29 is 0 Å². The van der Waals surface area contributed by atoms with Crippen molar-refractivity contribution in [3.8, 4) is 0 Å². The van der Waals surface area contributed by atoms with Crippen LogP contribution in [-0.4, -0.2) is 44.4 Å². The lowest BCUT2D eigenvalue weighted by Gasteiger charge is -2.14. The fourth-order valence-electron chi connectivity index (χ4n) is 2.12. The topological polar surface area (TPSA) is 41.8 Å². The van der Waals surface area contributed by atoms with E-state index in [1.54, 1.807) is 0 Å². The Morgan fingerprint density at radius 1 is 1.39 bits per heavy atom. The van der Waals surface area contributed by atoms with E-state index < -0.39 is 0 Å². The maximum absolute atomic E-state index is 5.41. The Labute approximate surface area is 112 Å². The molecular formula is C12H21N5S. The van der Waals surface area contributed by atoms with Gasteiger partial charge in [-0.2, -0.15) is 5.10 Å². The Hall–Kier alpha value is -1.14. The second-order valence-corrected chi connectivity index (χ2v) is 4.96. The Morgan fingerprint density at radius 3 is 2.72 bits per heavy atom. The molecule has 0 atom stereocenters. The van der Waals surface area contributed by atoms with Crippen LogP contribution in [0.2, 0.25) is 0 Å². The normalized spacial score (nSPS) is 11.8. The van der Waals surface area contributed by atoms with Gasteiger partial charge in [-0.15, -0.1) is 0 Å². The van der Waals surface area contributed by atoms with E-state index in [2.05, 4.69) is 40.4 Å². The van der Waals surface area contributed by atoms with Gasteiger partial charge < -0.3 is 14.5 Å². The van der Waals surface area contributed by atoms with Crippen LogP contribution in [0.3, 0.4) is 0 Å². The monoisotopic (exact) mass is 267 g/mol. The van der Waals surface area contributed by atoms with Crippen LogP contribution in [0, 0.1) is 11.7 Å². The zero-order valence-electron chi connectivity index (χ0n) is 11.5. The molecule has 0 aliphatic rings. The number of fused-ring (bicyclic) bond motifs is 1. The summed E-state index contributed by atoms with van der Waals surface area (Å²) >= 11 is 5.41. The summed E-state index contributed by atoms with van der Waals surface area (Å²) in [5.41, 5.74) is 3.20. The Kier molecular flexibility index (Phi) is 3.87. The molecular weight excluding hydrogens is 246 g/mol. The van der Waals surface area contributed by atoms with Gasteiger partial charge in [-0.25, -0.2) is 4.68 Å². The summed E-state index contributed by atoms with van der Waals surface area (Å²) in [4.78, 5) is 5.55. The molecule has 0 amide bonds. The predicted octanol–water partition coefficient (Wildman–Crippen LogP) is 2.18. The number of nitrogens with one attached hydrogen (secondary N) is 1. The average molecular weight is 267 g/mol. The van der Waals surface area contributed by atoms with E-state index >= 15 is 0 Å². The van der Waals surface area contributed by atoms with E-state index in [-0.39, 0.29) is 0 Å². The molecule has 0 spiro atoms. The Bertz CT molecular complexity index is 591. The molecule has 2 aromatic heterocycles. The second-order valence-electron chi connectivity index (χ2n) is 4.58. The van der Waals surface area contributed by atoms with E-state index in [0.29, 0.717) is 0 Å². The summed E-state index contributed by atoms with van der Waals surface area (Å²) in [5.74, 6) is 0. The minimum absolute atomic E-state index is 0.789. The number of aryl methyl sites for hydroxylation is 2. The number of hydrogen-bond donors (Lipinski definition) is 1. The Morgan fingerprint density at radius 2 is 2.11 bits per heavy atom. The zero-order valence-corrected chi connectivity index (χ0v) is 12.3. The van der Waals surface area contributed by atoms with Crippen molar-refractivity contribution in [1.29, 1.82) is 0 Å². The average Bonchev–Trinajstić information content (AvgIpc) is 2.84. The first-order chi connectivity index (χ1) is 8.58. The fraction of sp³-hybridized carbons (Fsp3) is 0.667. The molecule has 0 fully saturated rings. The Balaban J connectivity index is 2.42. The van der Waals surface area contributed by atoms with Crippen LogP contribution in [0.1, 0.15) is 19.5 Å². The third kappa shape index (κ3) is 2.22. The van der Waals surface area contributed by atoms with E-state index in [9.17, 15) is 0 Å². The predicted molar refractivity (Wildman–Crippen MR) is 76.5 cm³/mol. The molecule has 0 aliphatic carbocycles. The van der Waals surface area contributed by atoms with Gasteiger partial charge in [-0.3, -0.25) is 0 Å². The lowest BCUT2D eigenvalue weighted by Crippen LogP contribution is -2.23. The van der Waals surface area contributed by atoms with Crippen molar-refractivity contribution in [3.05, 3.63) is 10.5 Å². The lowest BCUT2D eigenvalue weighted by atomic mass is 10.4. The van der Waals surface area contributed by atoms with Gasteiger partial charge in [-0.1, -0.05) is 6.92 Å². The second kappa shape index (κ2) is 5.24. The first-order valence-electron chi connectivity index (χ1n) is 6.42. The summed E-state index contributed by atoms with van der Waals surface area (Å²) < 4.78 is 4.96. The maximum atomic E-state index is 5.41. The molecule has 2 rings (SSSR count). The largest absolute Gasteiger partial charge is 0.328 e. The van der Waals surface area contributed by atoms with Gasteiger partial charge in [0.1, 0.15) is 5.52 Å². The number of likely N-dealkylation sites (N-methyl/N-ethyl adjacent to an activating group) is 1. The van der Waals surface area contributed by atoms with Crippen LogP contribution in [-0.2, 0) is 13.1 Å². The van der Waals surface area contributed by atoms with Gasteiger partial charge in [0.25, 0.3) is 0 Å². The van der Waals surface area contributed by atoms with Crippen LogP contribution >= 0.6 is 12.2 Å². The standard InChI is InChI=1S/C12H21N5S/c1-5-15(4)7-8-16-11-10(13-12(16)18)9(3)14-17(11)6-2/h5-8H2,1-4H3,(H,13,18). The molecule has 2 heterocycles. The first kappa shape index (κ1) is 13.3. The summed E-state index contributed by atoms with van der Waals surface area (Å²) in [6.07, 6.45) is 0. The van der Waals surface area contributed by atoms with Crippen molar-refractivity contribution in [2.75, 3.05) is 20.1 Å². The van der Waals surface area contributed by atoms with Gasteiger partial charge in [0.2, 0.25) is 0 Å². The summed E-state index contributed by atoms with van der Waals surface area (Å²) in [6.45, 7) is 10.1. The van der Waals surface area contributed by atoms with Gasteiger partial charge in [0.05, 0.1) is 5.69 Å². The molecule has 2 aromatic rings. The van der Waals surface area contributed by atoms with Crippen LogP contribution < -0.4 is 0 Å². The number of H-pyrrole nitrogens is 1. The highest BCUT2D eigenvalue weighted by Crippen LogP contribution is 2.17. The van der Waals surface area contributed by atoms with E-state index in [4.69, 9.17) is 12.2 Å². The van der Waals surface area contributed by atoms with E-state index in [0.717, 1.165) is 47.8 Å². The summed E-state index contributed by atoms with van der Waals surface area (Å²) in [6, 6.07) is 0. The highest BCUT2D eigenvalue weighted by atomic mass is 32.1. The van der Waals surface area contributed by atoms with E-state index in [1.807, 2.05) is 11.6 Å². The minimum atomic E-state index is 0.789. The lowest BCUT2D eigenvalue weighted by molar-refractivity contribution is 0.335. The molecule has 5 nitrogen and oxygen atoms in total. The number of imidazole rings is 1. The van der Waals surface area contributed by atoms with Crippen LogP contribution in [0.25, 0.3) is 11.2 Å². The first-order valence-corrected chi connectivity index (χ1v) is 6.83. The molecule has 0 bridgehead atoms. The van der Waals surface area contributed by atoms with Crippen molar-refractivity contribution in [2.24, 2.45) is 0 Å². The van der Waals surface area contributed by atoms with Crippen LogP contribution in [0.15, 0.2) is 0 Å². The van der Waals surface area contributed by atoms with E-state index in [1.165, 1.54) is 0 Å². The summed E-state index contributed by atoms with van der Waals surface area (Å²) in [7, 11) is 2.12. The molecule has 0 unspecified atom stereocenters. The SMILES string of the molecule is CCN(C)CCn1c(=S)[nH]c2c(C)nn(CC)c21. The molecule has 6 heteroatoms.